The van der Waals surface area contributed by atoms with Crippen molar-refractivity contribution in [3.05, 3.63) is 29.8 Å². The van der Waals surface area contributed by atoms with E-state index in [1.54, 1.807) is 6.92 Å². The van der Waals surface area contributed by atoms with Gasteiger partial charge in [-0.15, -0.1) is 0 Å². The van der Waals surface area contributed by atoms with Gasteiger partial charge in [-0.1, -0.05) is 18.2 Å². The van der Waals surface area contributed by atoms with Crippen LogP contribution in [0.1, 0.15) is 38.3 Å². The molecule has 1 heterocycles. The molecule has 0 saturated carbocycles. The standard InChI is InChI=1S/C13H18N2O3/c1-3-17-13(2,16)10-11(14)18-12(15-10)9-7-5-4-6-8-9/h5,7-8,16H,3-4,6,14H2,1-2H3. The predicted octanol–water partition coefficient (Wildman–Crippen LogP) is 2.19. The lowest BCUT2D eigenvalue weighted by molar-refractivity contribution is -0.197. The molecule has 0 radical (unpaired) electrons. The van der Waals surface area contributed by atoms with Crippen LogP contribution >= 0.6 is 0 Å². The number of anilines is 1. The maximum atomic E-state index is 10.1. The first kappa shape index (κ1) is 12.9. The number of aliphatic hydroxyl groups is 1. The molecule has 0 bridgehead atoms. The third-order valence-corrected chi connectivity index (χ3v) is 2.76. The highest BCUT2D eigenvalue weighted by Crippen LogP contribution is 2.31. The Balaban J connectivity index is 2.32. The average molecular weight is 250 g/mol. The van der Waals surface area contributed by atoms with Gasteiger partial charge in [0.05, 0.1) is 0 Å². The van der Waals surface area contributed by atoms with Crippen molar-refractivity contribution >= 4 is 11.5 Å². The van der Waals surface area contributed by atoms with Crippen molar-refractivity contribution in [2.24, 2.45) is 0 Å². The molecule has 1 aromatic heterocycles. The van der Waals surface area contributed by atoms with Gasteiger partial charge in [-0.05, 0) is 26.7 Å². The second kappa shape index (κ2) is 4.96. The molecule has 98 valence electrons. The molecule has 0 spiro atoms. The Morgan fingerprint density at radius 2 is 2.33 bits per heavy atom. The average Bonchev–Trinajstić information content (AvgIpc) is 2.73. The first-order chi connectivity index (χ1) is 8.54. The van der Waals surface area contributed by atoms with Crippen molar-refractivity contribution in [1.82, 2.24) is 4.98 Å². The minimum absolute atomic E-state index is 0.0864. The Bertz CT molecular complexity index is 486. The molecule has 18 heavy (non-hydrogen) atoms. The fourth-order valence-corrected chi connectivity index (χ4v) is 1.91. The normalized spacial score (nSPS) is 18.5. The van der Waals surface area contributed by atoms with Crippen LogP contribution in [0.25, 0.3) is 5.57 Å². The minimum atomic E-state index is -1.53. The van der Waals surface area contributed by atoms with Gasteiger partial charge >= 0.3 is 0 Å². The van der Waals surface area contributed by atoms with E-state index in [4.69, 9.17) is 14.9 Å². The number of rotatable bonds is 4. The highest BCUT2D eigenvalue weighted by atomic mass is 16.6. The molecule has 0 fully saturated rings. The molecule has 1 aliphatic rings. The summed E-state index contributed by atoms with van der Waals surface area (Å²) in [6, 6.07) is 0. The number of aromatic nitrogens is 1. The molecule has 5 nitrogen and oxygen atoms in total. The van der Waals surface area contributed by atoms with Crippen LogP contribution in [-0.4, -0.2) is 16.7 Å². The van der Waals surface area contributed by atoms with Gasteiger partial charge in [-0.2, -0.15) is 0 Å². The van der Waals surface area contributed by atoms with Crippen LogP contribution in [0.5, 0.6) is 0 Å². The van der Waals surface area contributed by atoms with Gasteiger partial charge in [-0.25, -0.2) is 4.98 Å². The predicted molar refractivity (Wildman–Crippen MR) is 68.5 cm³/mol. The summed E-state index contributed by atoms with van der Waals surface area (Å²) in [5.41, 5.74) is 6.85. The van der Waals surface area contributed by atoms with Gasteiger partial charge in [0.1, 0.15) is 0 Å². The van der Waals surface area contributed by atoms with Crippen LogP contribution < -0.4 is 5.73 Å². The number of nitrogen functional groups attached to an aromatic ring is 1. The summed E-state index contributed by atoms with van der Waals surface area (Å²) < 4.78 is 10.6. The molecule has 1 unspecified atom stereocenters. The minimum Gasteiger partial charge on any atom is -0.420 e. The molecule has 2 rings (SSSR count). The maximum absolute atomic E-state index is 10.1. The van der Waals surface area contributed by atoms with E-state index in [2.05, 4.69) is 11.1 Å². The molecule has 0 aliphatic heterocycles. The fraction of sp³-hybridized carbons (Fsp3) is 0.462. The molecule has 0 saturated heterocycles. The summed E-state index contributed by atoms with van der Waals surface area (Å²) in [6.45, 7) is 3.65. The quantitative estimate of drug-likeness (QED) is 0.800. The number of ether oxygens (including phenoxy) is 1. The van der Waals surface area contributed by atoms with Gasteiger partial charge in [0, 0.05) is 12.2 Å². The van der Waals surface area contributed by atoms with Crippen LogP contribution in [0, 0.1) is 0 Å². The molecule has 5 heteroatoms. The Morgan fingerprint density at radius 3 is 2.94 bits per heavy atom. The van der Waals surface area contributed by atoms with Crippen molar-refractivity contribution in [3.63, 3.8) is 0 Å². The van der Waals surface area contributed by atoms with Crippen LogP contribution in [0.3, 0.4) is 0 Å². The molecular weight excluding hydrogens is 232 g/mol. The third kappa shape index (κ3) is 2.47. The lowest BCUT2D eigenvalue weighted by Gasteiger charge is -2.20. The molecule has 3 N–H and O–H groups in total. The van der Waals surface area contributed by atoms with E-state index >= 15 is 0 Å². The van der Waals surface area contributed by atoms with E-state index in [0.29, 0.717) is 12.5 Å². The van der Waals surface area contributed by atoms with Crippen molar-refractivity contribution in [2.45, 2.75) is 32.5 Å². The monoisotopic (exact) mass is 250 g/mol. The number of nitrogens with zero attached hydrogens (tertiary/aromatic N) is 1. The summed E-state index contributed by atoms with van der Waals surface area (Å²) in [4.78, 5) is 4.24. The summed E-state index contributed by atoms with van der Waals surface area (Å²) in [6.07, 6.45) is 7.99. The largest absolute Gasteiger partial charge is 0.420 e. The van der Waals surface area contributed by atoms with Gasteiger partial charge in [0.15, 0.2) is 5.69 Å². The molecule has 0 amide bonds. The lowest BCUT2D eigenvalue weighted by Crippen LogP contribution is -2.26. The maximum Gasteiger partial charge on any atom is 0.228 e. The van der Waals surface area contributed by atoms with Gasteiger partial charge in [0.25, 0.3) is 0 Å². The smallest absolute Gasteiger partial charge is 0.228 e. The summed E-state index contributed by atoms with van der Waals surface area (Å²) in [7, 11) is 0. The van der Waals surface area contributed by atoms with Crippen LogP contribution in [0.4, 0.5) is 5.88 Å². The van der Waals surface area contributed by atoms with E-state index in [0.717, 1.165) is 18.4 Å². The highest BCUT2D eigenvalue weighted by Gasteiger charge is 2.31. The van der Waals surface area contributed by atoms with Gasteiger partial charge in [0.2, 0.25) is 17.6 Å². The van der Waals surface area contributed by atoms with Crippen molar-refractivity contribution in [3.8, 4) is 0 Å². The number of nitrogens with two attached hydrogens (primary N) is 1. The zero-order valence-corrected chi connectivity index (χ0v) is 10.6. The second-order valence-corrected chi connectivity index (χ2v) is 4.29. The molecule has 1 aromatic rings. The Hall–Kier alpha value is -1.59. The summed E-state index contributed by atoms with van der Waals surface area (Å²) >= 11 is 0. The zero-order valence-electron chi connectivity index (χ0n) is 10.6. The highest BCUT2D eigenvalue weighted by molar-refractivity contribution is 5.70. The number of hydrogen-bond donors (Lipinski definition) is 2. The fourth-order valence-electron chi connectivity index (χ4n) is 1.91. The first-order valence-electron chi connectivity index (χ1n) is 6.04. The summed E-state index contributed by atoms with van der Waals surface area (Å²) in [5, 5.41) is 10.1. The Morgan fingerprint density at radius 1 is 1.56 bits per heavy atom. The molecule has 1 aliphatic carbocycles. The molecular formula is C13H18N2O3. The Kier molecular flexibility index (Phi) is 3.54. The number of oxazole rings is 1. The van der Waals surface area contributed by atoms with Crippen LogP contribution in [-0.2, 0) is 10.5 Å². The first-order valence-corrected chi connectivity index (χ1v) is 6.04. The van der Waals surface area contributed by atoms with E-state index in [9.17, 15) is 5.11 Å². The molecule has 0 aromatic carbocycles. The molecule has 1 atom stereocenters. The van der Waals surface area contributed by atoms with E-state index in [1.165, 1.54) is 6.92 Å². The SMILES string of the molecule is CCOC(C)(O)c1nc(C2=CCCC=C2)oc1N. The van der Waals surface area contributed by atoms with Gasteiger partial charge in [-0.3, -0.25) is 0 Å². The van der Waals surface area contributed by atoms with Crippen molar-refractivity contribution < 1.29 is 14.3 Å². The van der Waals surface area contributed by atoms with Crippen molar-refractivity contribution in [2.75, 3.05) is 12.3 Å². The van der Waals surface area contributed by atoms with Crippen LogP contribution in [0.2, 0.25) is 0 Å². The van der Waals surface area contributed by atoms with E-state index < -0.39 is 5.79 Å². The second-order valence-electron chi connectivity index (χ2n) is 4.29. The van der Waals surface area contributed by atoms with Crippen LogP contribution in [0.15, 0.2) is 22.6 Å². The Labute approximate surface area is 106 Å². The summed E-state index contributed by atoms with van der Waals surface area (Å²) in [5.74, 6) is -1.03. The third-order valence-electron chi connectivity index (χ3n) is 2.76. The van der Waals surface area contributed by atoms with E-state index in [-0.39, 0.29) is 11.6 Å². The zero-order chi connectivity index (χ0) is 13.2. The van der Waals surface area contributed by atoms with Gasteiger partial charge < -0.3 is 20.0 Å². The van der Waals surface area contributed by atoms with E-state index in [1.807, 2.05) is 12.2 Å². The number of allylic oxidation sites excluding steroid dienone is 4. The lowest BCUT2D eigenvalue weighted by atomic mass is 10.1. The van der Waals surface area contributed by atoms with Crippen molar-refractivity contribution in [1.29, 1.82) is 0 Å². The number of hydrogen-bond acceptors (Lipinski definition) is 5. The topological polar surface area (TPSA) is 81.5 Å².